The van der Waals surface area contributed by atoms with E-state index in [9.17, 15) is 25.9 Å². The zero-order valence-corrected chi connectivity index (χ0v) is 25.2. The predicted octanol–water partition coefficient (Wildman–Crippen LogP) is 5.69. The molecular formula is C29H33ClN2O6S2. The quantitative estimate of drug-likeness (QED) is 0.163. The molecule has 4 rings (SSSR count). The van der Waals surface area contributed by atoms with Crippen molar-refractivity contribution in [2.45, 2.75) is 56.3 Å². The number of fused-ring (bicyclic) bond motifs is 2. The lowest BCUT2D eigenvalue weighted by atomic mass is 9.81. The van der Waals surface area contributed by atoms with Crippen LogP contribution in [-0.4, -0.2) is 48.5 Å². The fourth-order valence-electron chi connectivity index (χ4n) is 5.31. The Bertz CT molecular complexity index is 1680. The number of hydrogen-bond donors (Lipinski definition) is 2. The third kappa shape index (κ3) is 6.26. The van der Waals surface area contributed by atoms with Crippen molar-refractivity contribution in [2.24, 2.45) is 0 Å². The van der Waals surface area contributed by atoms with Gasteiger partial charge in [0.05, 0.1) is 20.4 Å². The van der Waals surface area contributed by atoms with Crippen LogP contribution in [-0.2, 0) is 31.1 Å². The van der Waals surface area contributed by atoms with E-state index in [1.807, 2.05) is 67.0 Å². The summed E-state index contributed by atoms with van der Waals surface area (Å²) in [5.74, 6) is -0.443. The second kappa shape index (κ2) is 10.9. The van der Waals surface area contributed by atoms with Gasteiger partial charge in [-0.1, -0.05) is 43.7 Å². The number of rotatable bonds is 9. The molecule has 2 heterocycles. The predicted molar refractivity (Wildman–Crippen MR) is 157 cm³/mol. The molecule has 2 N–H and O–H groups in total. The first kappa shape index (κ1) is 30.2. The summed E-state index contributed by atoms with van der Waals surface area (Å²) < 4.78 is 68.4. The molecule has 0 bridgehead atoms. The zero-order chi connectivity index (χ0) is 29.5. The summed E-state index contributed by atoms with van der Waals surface area (Å²) in [7, 11) is -8.69. The Hall–Kier alpha value is -2.76. The van der Waals surface area contributed by atoms with Crippen molar-refractivity contribution < 1.29 is 30.5 Å². The van der Waals surface area contributed by atoms with Gasteiger partial charge >= 0.3 is 0 Å². The maximum Gasteiger partial charge on any atom is 0.294 e. The van der Waals surface area contributed by atoms with Crippen molar-refractivity contribution in [3.63, 3.8) is 0 Å². The molecule has 0 saturated heterocycles. The Morgan fingerprint density at radius 2 is 1.68 bits per heavy atom. The average Bonchev–Trinajstić information content (AvgIpc) is 3.21. The van der Waals surface area contributed by atoms with Crippen LogP contribution >= 0.6 is 11.6 Å². The normalized spacial score (nSPS) is 19.0. The lowest BCUT2D eigenvalue weighted by molar-refractivity contribution is -0.438. The first-order valence-corrected chi connectivity index (χ1v) is 16.2. The largest absolute Gasteiger partial charge is 0.748 e. The Balaban J connectivity index is 1.62. The van der Waals surface area contributed by atoms with Crippen molar-refractivity contribution in [1.29, 1.82) is 0 Å². The van der Waals surface area contributed by atoms with Gasteiger partial charge < -0.3 is 9.87 Å². The monoisotopic (exact) mass is 604 g/mol. The van der Waals surface area contributed by atoms with E-state index >= 15 is 0 Å². The van der Waals surface area contributed by atoms with E-state index in [1.54, 1.807) is 6.07 Å². The number of anilines is 1. The van der Waals surface area contributed by atoms with Crippen LogP contribution in [0.3, 0.4) is 0 Å². The molecule has 0 radical (unpaired) electrons. The third-order valence-corrected chi connectivity index (χ3v) is 9.40. The lowest BCUT2D eigenvalue weighted by Crippen LogP contribution is -2.28. The molecule has 0 spiro atoms. The molecule has 2 aliphatic rings. The molecule has 2 aromatic rings. The highest BCUT2D eigenvalue weighted by atomic mass is 35.5. The maximum atomic E-state index is 11.8. The summed E-state index contributed by atoms with van der Waals surface area (Å²) in [4.78, 5) is -0.192. The molecule has 0 atom stereocenters. The van der Waals surface area contributed by atoms with Crippen molar-refractivity contribution in [3.8, 4) is 0 Å². The molecule has 0 fully saturated rings. The molecule has 0 saturated carbocycles. The Labute approximate surface area is 241 Å². The van der Waals surface area contributed by atoms with E-state index in [4.69, 9.17) is 11.6 Å². The van der Waals surface area contributed by atoms with Gasteiger partial charge in [-0.2, -0.15) is 13.0 Å². The zero-order valence-electron chi connectivity index (χ0n) is 22.8. The van der Waals surface area contributed by atoms with Crippen LogP contribution in [0.5, 0.6) is 0 Å². The molecule has 214 valence electrons. The summed E-state index contributed by atoms with van der Waals surface area (Å²) in [5, 5.41) is 4.14. The van der Waals surface area contributed by atoms with E-state index in [1.165, 1.54) is 12.1 Å². The van der Waals surface area contributed by atoms with Gasteiger partial charge in [-0.3, -0.25) is 4.55 Å². The summed E-state index contributed by atoms with van der Waals surface area (Å²) in [6.07, 6.45) is 10.3. The van der Waals surface area contributed by atoms with Crippen LogP contribution in [0.25, 0.3) is 0 Å². The van der Waals surface area contributed by atoms with Gasteiger partial charge in [0.15, 0.2) is 5.71 Å². The van der Waals surface area contributed by atoms with Crippen LogP contribution in [0.2, 0.25) is 5.02 Å². The molecule has 2 aliphatic heterocycles. The number of hydrogen-bond acceptors (Lipinski definition) is 6. The number of allylic oxidation sites excluding steroid dienone is 6. The summed E-state index contributed by atoms with van der Waals surface area (Å²) in [5.41, 5.74) is 4.69. The number of halogens is 1. The minimum atomic E-state index is -4.39. The van der Waals surface area contributed by atoms with Gasteiger partial charge in [0.25, 0.3) is 10.1 Å². The highest BCUT2D eigenvalue weighted by molar-refractivity contribution is 7.86. The highest BCUT2D eigenvalue weighted by Crippen LogP contribution is 2.44. The summed E-state index contributed by atoms with van der Waals surface area (Å²) in [6.45, 7) is 8.61. The summed E-state index contributed by atoms with van der Waals surface area (Å²) >= 11 is 6.21. The molecule has 2 aromatic carbocycles. The Morgan fingerprint density at radius 3 is 2.35 bits per heavy atom. The molecule has 40 heavy (non-hydrogen) atoms. The average molecular weight is 605 g/mol. The SMILES string of the molecule is CC1(C)C(/C=C/C=C/C=C2/Nc3ccc(Cl)cc3C2(C)C)=[N+](CCCCS(=O)(=O)[O-])c2ccc(S(=O)(=O)O)cc21. The first-order valence-electron chi connectivity index (χ1n) is 12.8. The second-order valence-corrected chi connectivity index (χ2v) is 14.4. The minimum absolute atomic E-state index is 0.192. The molecule has 0 unspecified atom stereocenters. The van der Waals surface area contributed by atoms with E-state index in [2.05, 4.69) is 19.2 Å². The van der Waals surface area contributed by atoms with Crippen molar-refractivity contribution in [2.75, 3.05) is 17.6 Å². The number of nitrogens with zero attached hydrogens (tertiary/aromatic N) is 1. The van der Waals surface area contributed by atoms with Gasteiger partial charge in [-0.25, -0.2) is 8.42 Å². The number of nitrogens with one attached hydrogen (secondary N) is 1. The lowest BCUT2D eigenvalue weighted by Gasteiger charge is -2.20. The van der Waals surface area contributed by atoms with Gasteiger partial charge in [-0.15, -0.1) is 0 Å². The maximum absolute atomic E-state index is 11.8. The Morgan fingerprint density at radius 1 is 0.950 bits per heavy atom. The standard InChI is InChI=1S/C29H33ClN2O6S2/c1-28(2)22-18-20(30)12-14-24(22)31-26(28)10-6-5-7-11-27-29(3,4)23-19-21(40(36,37)38)13-15-25(23)32(27)16-8-9-17-39(33,34)35/h5-7,10-15,18-19H,8-9,16-17H2,1-4H3,(H2,33,34,35,36,37,38). The van der Waals surface area contributed by atoms with Crippen LogP contribution < -0.4 is 5.32 Å². The van der Waals surface area contributed by atoms with E-state index < -0.39 is 31.4 Å². The van der Waals surface area contributed by atoms with E-state index in [-0.39, 0.29) is 16.7 Å². The fourth-order valence-corrected chi connectivity index (χ4v) is 6.54. The minimum Gasteiger partial charge on any atom is -0.748 e. The summed E-state index contributed by atoms with van der Waals surface area (Å²) in [6, 6.07) is 10.3. The van der Waals surface area contributed by atoms with Crippen molar-refractivity contribution >= 4 is 48.9 Å². The Kier molecular flexibility index (Phi) is 8.23. The first-order chi connectivity index (χ1) is 18.5. The van der Waals surface area contributed by atoms with Crippen LogP contribution in [0.4, 0.5) is 11.4 Å². The topological polar surface area (TPSA) is 127 Å². The third-order valence-electron chi connectivity index (χ3n) is 7.52. The molecule has 11 heteroatoms. The van der Waals surface area contributed by atoms with Crippen LogP contribution in [0.15, 0.2) is 77.4 Å². The van der Waals surface area contributed by atoms with E-state index in [0.29, 0.717) is 18.0 Å². The van der Waals surface area contributed by atoms with Crippen molar-refractivity contribution in [1.82, 2.24) is 0 Å². The highest BCUT2D eigenvalue weighted by Gasteiger charge is 2.44. The van der Waals surface area contributed by atoms with Crippen LogP contribution in [0, 0.1) is 0 Å². The molecule has 8 nitrogen and oxygen atoms in total. The molecule has 0 aliphatic carbocycles. The molecular weight excluding hydrogens is 572 g/mol. The van der Waals surface area contributed by atoms with Gasteiger partial charge in [0.2, 0.25) is 5.69 Å². The van der Waals surface area contributed by atoms with E-state index in [0.717, 1.165) is 33.9 Å². The molecule has 0 aromatic heterocycles. The smallest absolute Gasteiger partial charge is 0.294 e. The second-order valence-electron chi connectivity index (χ2n) is 11.0. The molecule has 0 amide bonds. The van der Waals surface area contributed by atoms with Gasteiger partial charge in [-0.05, 0) is 62.2 Å². The van der Waals surface area contributed by atoms with Crippen molar-refractivity contribution in [3.05, 3.63) is 88.6 Å². The fraction of sp³-hybridized carbons (Fsp3) is 0.345. The van der Waals surface area contributed by atoms with Gasteiger partial charge in [0, 0.05) is 51.7 Å². The van der Waals surface area contributed by atoms with Gasteiger partial charge in [0.1, 0.15) is 6.54 Å². The number of unbranched alkanes of at least 4 members (excludes halogenated alkanes) is 1. The van der Waals surface area contributed by atoms with Crippen LogP contribution in [0.1, 0.15) is 51.7 Å². The number of benzene rings is 2.